The van der Waals surface area contributed by atoms with E-state index in [-0.39, 0.29) is 5.92 Å². The number of hydrogen-bond acceptors (Lipinski definition) is 8. The molecule has 1 aliphatic heterocycles. The molecule has 0 spiro atoms. The van der Waals surface area contributed by atoms with E-state index in [0.717, 1.165) is 34.3 Å². The third-order valence-electron chi connectivity index (χ3n) is 5.14. The van der Waals surface area contributed by atoms with Crippen molar-refractivity contribution in [3.63, 3.8) is 0 Å². The third-order valence-corrected chi connectivity index (χ3v) is 5.14. The van der Waals surface area contributed by atoms with Crippen LogP contribution in [-0.4, -0.2) is 48.7 Å². The van der Waals surface area contributed by atoms with Gasteiger partial charge in [-0.05, 0) is 18.2 Å². The lowest BCUT2D eigenvalue weighted by molar-refractivity contribution is 0.174. The summed E-state index contributed by atoms with van der Waals surface area (Å²) in [7, 11) is 3.28. The summed E-state index contributed by atoms with van der Waals surface area (Å²) in [6.45, 7) is 4.86. The van der Waals surface area contributed by atoms with E-state index in [1.54, 1.807) is 20.5 Å². The van der Waals surface area contributed by atoms with Crippen LogP contribution >= 0.6 is 0 Å². The molecule has 0 unspecified atom stereocenters. The van der Waals surface area contributed by atoms with Gasteiger partial charge in [0.15, 0.2) is 23.2 Å². The summed E-state index contributed by atoms with van der Waals surface area (Å²) < 4.78 is 20.3. The highest BCUT2D eigenvalue weighted by atomic mass is 16.5. The smallest absolute Gasteiger partial charge is 0.278 e. The van der Waals surface area contributed by atoms with Gasteiger partial charge in [0.25, 0.3) is 5.89 Å². The zero-order valence-electron chi connectivity index (χ0n) is 17.2. The van der Waals surface area contributed by atoms with Crippen molar-refractivity contribution < 1.29 is 14.0 Å². The van der Waals surface area contributed by atoms with Crippen molar-refractivity contribution in [3.05, 3.63) is 41.9 Å². The summed E-state index contributed by atoms with van der Waals surface area (Å²) >= 11 is 0. The molecule has 0 bridgehead atoms. The maximum absolute atomic E-state index is 5.53. The number of nitrogens with zero attached hydrogens (tertiary/aromatic N) is 7. The van der Waals surface area contributed by atoms with Crippen LogP contribution in [0.4, 0.5) is 0 Å². The molecule has 0 amide bonds. The summed E-state index contributed by atoms with van der Waals surface area (Å²) in [5.74, 6) is 3.39. The number of rotatable bonds is 5. The zero-order valence-corrected chi connectivity index (χ0v) is 17.2. The average Bonchev–Trinajstić information content (AvgIpc) is 3.46. The first kappa shape index (κ1) is 18.5. The quantitative estimate of drug-likeness (QED) is 0.438. The van der Waals surface area contributed by atoms with Crippen LogP contribution in [0.5, 0.6) is 5.75 Å². The summed E-state index contributed by atoms with van der Waals surface area (Å²) in [5, 5.41) is 12.9. The standard InChI is InChI=1S/C20H21N7O3/c1-11(2)18-22-20(30-25-18)17-15-8-26-16(9-28-3)23-24-19(26)13-7-12(29-4)5-6-14(13)27(15)10-21-17/h5-7,10-11H,8-9H2,1-4H3. The molecule has 1 aromatic carbocycles. The van der Waals surface area contributed by atoms with Crippen LogP contribution in [0.1, 0.15) is 37.1 Å². The predicted molar refractivity (Wildman–Crippen MR) is 106 cm³/mol. The van der Waals surface area contributed by atoms with Crippen LogP contribution < -0.4 is 4.74 Å². The lowest BCUT2D eigenvalue weighted by Gasteiger charge is -2.10. The van der Waals surface area contributed by atoms with Crippen molar-refractivity contribution in [3.8, 4) is 34.4 Å². The highest BCUT2D eigenvalue weighted by Gasteiger charge is 2.28. The summed E-state index contributed by atoms with van der Waals surface area (Å²) in [6, 6.07) is 5.84. The fourth-order valence-corrected chi connectivity index (χ4v) is 3.59. The number of hydrogen-bond donors (Lipinski definition) is 0. The van der Waals surface area contributed by atoms with Crippen molar-refractivity contribution in [1.29, 1.82) is 0 Å². The van der Waals surface area contributed by atoms with Crippen molar-refractivity contribution in [2.45, 2.75) is 32.9 Å². The Morgan fingerprint density at radius 3 is 2.80 bits per heavy atom. The minimum atomic E-state index is 0.162. The minimum absolute atomic E-state index is 0.162. The lowest BCUT2D eigenvalue weighted by Crippen LogP contribution is -2.09. The van der Waals surface area contributed by atoms with Gasteiger partial charge in [-0.25, -0.2) is 4.98 Å². The maximum Gasteiger partial charge on any atom is 0.278 e. The SMILES string of the molecule is COCc1nnc2n1Cc1c(-c3nc(C(C)C)no3)ncn1-c1ccc(OC)cc1-2. The number of benzene rings is 1. The molecule has 5 rings (SSSR count). The molecule has 0 fully saturated rings. The largest absolute Gasteiger partial charge is 0.497 e. The van der Waals surface area contributed by atoms with E-state index < -0.39 is 0 Å². The van der Waals surface area contributed by atoms with Crippen molar-refractivity contribution in [1.82, 2.24) is 34.5 Å². The molecule has 0 atom stereocenters. The number of aromatic nitrogens is 7. The Bertz CT molecular complexity index is 1220. The second-order valence-corrected chi connectivity index (χ2v) is 7.36. The van der Waals surface area contributed by atoms with E-state index in [2.05, 4.69) is 25.3 Å². The first-order chi connectivity index (χ1) is 14.6. The Hall–Kier alpha value is -3.53. The topological polar surface area (TPSA) is 106 Å². The Balaban J connectivity index is 1.73. The molecule has 4 aromatic rings. The molecule has 4 heterocycles. The van der Waals surface area contributed by atoms with Gasteiger partial charge in [-0.2, -0.15) is 4.98 Å². The first-order valence-corrected chi connectivity index (χ1v) is 9.60. The Kier molecular flexibility index (Phi) is 4.35. The monoisotopic (exact) mass is 407 g/mol. The van der Waals surface area contributed by atoms with Gasteiger partial charge in [0.2, 0.25) is 0 Å². The summed E-state index contributed by atoms with van der Waals surface area (Å²) in [5.41, 5.74) is 3.35. The number of methoxy groups -OCH3 is 2. The number of imidazole rings is 1. The number of fused-ring (bicyclic) bond motifs is 5. The van der Waals surface area contributed by atoms with E-state index >= 15 is 0 Å². The van der Waals surface area contributed by atoms with Gasteiger partial charge in [0.05, 0.1) is 25.0 Å². The average molecular weight is 407 g/mol. The highest BCUT2D eigenvalue weighted by molar-refractivity contribution is 5.72. The van der Waals surface area contributed by atoms with Gasteiger partial charge < -0.3 is 18.6 Å². The van der Waals surface area contributed by atoms with Gasteiger partial charge in [-0.1, -0.05) is 19.0 Å². The Morgan fingerprint density at radius 1 is 1.20 bits per heavy atom. The van der Waals surface area contributed by atoms with Crippen LogP contribution in [0, 0.1) is 0 Å². The number of ether oxygens (including phenoxy) is 2. The van der Waals surface area contributed by atoms with Crippen molar-refractivity contribution in [2.75, 3.05) is 14.2 Å². The van der Waals surface area contributed by atoms with E-state index in [0.29, 0.717) is 30.6 Å². The first-order valence-electron chi connectivity index (χ1n) is 9.60. The molecule has 0 radical (unpaired) electrons. The van der Waals surface area contributed by atoms with E-state index in [1.807, 2.05) is 41.2 Å². The maximum atomic E-state index is 5.53. The minimum Gasteiger partial charge on any atom is -0.497 e. The normalized spacial score (nSPS) is 12.4. The molecule has 0 N–H and O–H groups in total. The van der Waals surface area contributed by atoms with E-state index in [1.165, 1.54) is 0 Å². The van der Waals surface area contributed by atoms with Crippen molar-refractivity contribution in [2.24, 2.45) is 0 Å². The van der Waals surface area contributed by atoms with Crippen LogP contribution in [0.15, 0.2) is 29.0 Å². The van der Waals surface area contributed by atoms with Gasteiger partial charge in [0, 0.05) is 18.6 Å². The third kappa shape index (κ3) is 2.79. The second-order valence-electron chi connectivity index (χ2n) is 7.36. The molecule has 0 saturated heterocycles. The molecule has 3 aromatic heterocycles. The molecular formula is C20H21N7O3. The predicted octanol–water partition coefficient (Wildman–Crippen LogP) is 2.82. The van der Waals surface area contributed by atoms with E-state index in [9.17, 15) is 0 Å². The van der Waals surface area contributed by atoms with Gasteiger partial charge in [0.1, 0.15) is 18.7 Å². The molecular weight excluding hydrogens is 386 g/mol. The summed E-state index contributed by atoms with van der Waals surface area (Å²) in [6.07, 6.45) is 1.77. The van der Waals surface area contributed by atoms with Crippen LogP contribution in [0.2, 0.25) is 0 Å². The molecule has 30 heavy (non-hydrogen) atoms. The molecule has 10 nitrogen and oxygen atoms in total. The zero-order chi connectivity index (χ0) is 20.8. The van der Waals surface area contributed by atoms with Crippen LogP contribution in [-0.2, 0) is 17.9 Å². The fourth-order valence-electron chi connectivity index (χ4n) is 3.59. The van der Waals surface area contributed by atoms with Crippen LogP contribution in [0.25, 0.3) is 28.7 Å². The fraction of sp³-hybridized carbons (Fsp3) is 0.350. The molecule has 0 aliphatic carbocycles. The Morgan fingerprint density at radius 2 is 2.07 bits per heavy atom. The van der Waals surface area contributed by atoms with Gasteiger partial charge in [-0.3, -0.25) is 4.57 Å². The van der Waals surface area contributed by atoms with Gasteiger partial charge in [-0.15, -0.1) is 10.2 Å². The van der Waals surface area contributed by atoms with Gasteiger partial charge >= 0.3 is 0 Å². The molecule has 154 valence electrons. The van der Waals surface area contributed by atoms with E-state index in [4.69, 9.17) is 14.0 Å². The molecule has 1 aliphatic rings. The Labute approximate surface area is 172 Å². The van der Waals surface area contributed by atoms with Crippen LogP contribution in [0.3, 0.4) is 0 Å². The lowest BCUT2D eigenvalue weighted by atomic mass is 10.1. The highest BCUT2D eigenvalue weighted by Crippen LogP contribution is 2.36. The molecule has 10 heteroatoms. The second kappa shape index (κ2) is 7.06. The summed E-state index contributed by atoms with van der Waals surface area (Å²) in [4.78, 5) is 9.14. The van der Waals surface area contributed by atoms with Crippen molar-refractivity contribution >= 4 is 0 Å². The molecule has 0 saturated carbocycles.